The molecule has 0 aromatic carbocycles. The van der Waals surface area contributed by atoms with Crippen molar-refractivity contribution in [2.75, 3.05) is 11.5 Å². The Morgan fingerprint density at radius 3 is 2.08 bits per heavy atom. The van der Waals surface area contributed by atoms with Crippen molar-refractivity contribution in [3.05, 3.63) is 12.2 Å². The van der Waals surface area contributed by atoms with Gasteiger partial charge in [-0.1, -0.05) is 0 Å². The highest BCUT2D eigenvalue weighted by atomic mass is 32.2. The SMILES string of the molecule is O=C1C=CC(=O)C1[S+]1CCCC1. The van der Waals surface area contributed by atoms with Crippen LogP contribution in [0.25, 0.3) is 0 Å². The lowest BCUT2D eigenvalue weighted by atomic mass is 10.3. The summed E-state index contributed by atoms with van der Waals surface area (Å²) in [6.07, 6.45) is 5.27. The van der Waals surface area contributed by atoms with Gasteiger partial charge in [0.15, 0.2) is 0 Å². The van der Waals surface area contributed by atoms with E-state index >= 15 is 0 Å². The first-order chi connectivity index (χ1) is 5.79. The Kier molecular flexibility index (Phi) is 2.05. The highest BCUT2D eigenvalue weighted by Gasteiger charge is 2.44. The van der Waals surface area contributed by atoms with Crippen molar-refractivity contribution in [3.63, 3.8) is 0 Å². The average Bonchev–Trinajstić information content (AvgIpc) is 2.61. The molecule has 0 aromatic heterocycles. The number of allylic oxidation sites excluding steroid dienone is 2. The van der Waals surface area contributed by atoms with Crippen LogP contribution in [0.3, 0.4) is 0 Å². The molecule has 0 bridgehead atoms. The summed E-state index contributed by atoms with van der Waals surface area (Å²) in [6.45, 7) is 0. The smallest absolute Gasteiger partial charge is 0.241 e. The van der Waals surface area contributed by atoms with Gasteiger partial charge in [0.2, 0.25) is 16.8 Å². The zero-order valence-corrected chi connectivity index (χ0v) is 7.60. The Balaban J connectivity index is 2.12. The lowest BCUT2D eigenvalue weighted by Crippen LogP contribution is -2.33. The van der Waals surface area contributed by atoms with Crippen LogP contribution in [0.1, 0.15) is 12.8 Å². The van der Waals surface area contributed by atoms with Crippen molar-refractivity contribution in [3.8, 4) is 0 Å². The summed E-state index contributed by atoms with van der Waals surface area (Å²) in [6, 6.07) is 0. The van der Waals surface area contributed by atoms with E-state index in [1.165, 1.54) is 25.0 Å². The monoisotopic (exact) mass is 183 g/mol. The molecule has 0 amide bonds. The van der Waals surface area contributed by atoms with Crippen LogP contribution in [-0.4, -0.2) is 28.3 Å². The molecule has 1 saturated heterocycles. The standard InChI is InChI=1S/C9H11O2S/c10-7-3-4-8(11)9(7)12-5-1-2-6-12/h3-4,9H,1-2,5-6H2/q+1. The second-order valence-corrected chi connectivity index (χ2v) is 5.53. The predicted molar refractivity (Wildman–Crippen MR) is 49.3 cm³/mol. The highest BCUT2D eigenvalue weighted by Crippen LogP contribution is 2.23. The third-order valence-corrected chi connectivity index (χ3v) is 5.08. The molecule has 2 rings (SSSR count). The van der Waals surface area contributed by atoms with E-state index in [9.17, 15) is 9.59 Å². The molecule has 0 aromatic rings. The number of hydrogen-bond acceptors (Lipinski definition) is 2. The normalized spacial score (nSPS) is 26.0. The molecule has 1 heterocycles. The first-order valence-electron chi connectivity index (χ1n) is 4.21. The molecular weight excluding hydrogens is 172 g/mol. The van der Waals surface area contributed by atoms with Crippen molar-refractivity contribution in [2.45, 2.75) is 18.1 Å². The molecule has 12 heavy (non-hydrogen) atoms. The van der Waals surface area contributed by atoms with Crippen LogP contribution < -0.4 is 0 Å². The van der Waals surface area contributed by atoms with Crippen molar-refractivity contribution < 1.29 is 9.59 Å². The maximum Gasteiger partial charge on any atom is 0.241 e. The summed E-state index contributed by atoms with van der Waals surface area (Å²) in [5, 5.41) is -0.271. The maximum atomic E-state index is 11.3. The molecule has 0 atom stereocenters. The van der Waals surface area contributed by atoms with Crippen molar-refractivity contribution >= 4 is 22.5 Å². The summed E-state index contributed by atoms with van der Waals surface area (Å²) < 4.78 is 0. The Bertz CT molecular complexity index is 233. The fourth-order valence-electron chi connectivity index (χ4n) is 1.72. The van der Waals surface area contributed by atoms with Crippen molar-refractivity contribution in [1.29, 1.82) is 0 Å². The molecular formula is C9H11O2S+. The Morgan fingerprint density at radius 1 is 1.08 bits per heavy atom. The van der Waals surface area contributed by atoms with Crippen molar-refractivity contribution in [2.24, 2.45) is 0 Å². The summed E-state index contributed by atoms with van der Waals surface area (Å²) >= 11 is 0. The average molecular weight is 183 g/mol. The van der Waals surface area contributed by atoms with Gasteiger partial charge in [-0.25, -0.2) is 0 Å². The Hall–Kier alpha value is -0.570. The van der Waals surface area contributed by atoms with Crippen LogP contribution in [0.2, 0.25) is 0 Å². The topological polar surface area (TPSA) is 34.1 Å². The molecule has 3 heteroatoms. The van der Waals surface area contributed by atoms with E-state index < -0.39 is 0 Å². The number of carbonyl (C=O) groups is 2. The lowest BCUT2D eigenvalue weighted by Gasteiger charge is -2.04. The van der Waals surface area contributed by atoms with Gasteiger partial charge in [-0.3, -0.25) is 9.59 Å². The van der Waals surface area contributed by atoms with Crippen LogP contribution >= 0.6 is 0 Å². The molecule has 2 aliphatic rings. The third kappa shape index (κ3) is 1.22. The van der Waals surface area contributed by atoms with Crippen LogP contribution in [0, 0.1) is 0 Å². The van der Waals surface area contributed by atoms with E-state index in [2.05, 4.69) is 0 Å². The lowest BCUT2D eigenvalue weighted by molar-refractivity contribution is -0.119. The maximum absolute atomic E-state index is 11.3. The van der Waals surface area contributed by atoms with E-state index in [1.54, 1.807) is 0 Å². The summed E-state index contributed by atoms with van der Waals surface area (Å²) in [7, 11) is 0.0756. The molecule has 0 N–H and O–H groups in total. The number of hydrogen-bond donors (Lipinski definition) is 0. The second kappa shape index (κ2) is 3.05. The molecule has 64 valence electrons. The van der Waals surface area contributed by atoms with Gasteiger partial charge in [0, 0.05) is 10.9 Å². The molecule has 1 aliphatic heterocycles. The molecule has 2 nitrogen and oxygen atoms in total. The largest absolute Gasteiger partial charge is 0.289 e. The van der Waals surface area contributed by atoms with Crippen molar-refractivity contribution in [1.82, 2.24) is 0 Å². The van der Waals surface area contributed by atoms with Gasteiger partial charge in [-0.2, -0.15) is 0 Å². The van der Waals surface area contributed by atoms with Crippen LogP contribution in [0.15, 0.2) is 12.2 Å². The molecule has 0 saturated carbocycles. The minimum absolute atomic E-state index is 0.0465. The second-order valence-electron chi connectivity index (χ2n) is 3.17. The van der Waals surface area contributed by atoms with E-state index in [0.717, 1.165) is 11.5 Å². The van der Waals surface area contributed by atoms with E-state index in [0.29, 0.717) is 0 Å². The highest BCUT2D eigenvalue weighted by molar-refractivity contribution is 7.99. The fourth-order valence-corrected chi connectivity index (χ4v) is 4.36. The van der Waals surface area contributed by atoms with Gasteiger partial charge in [0.25, 0.3) is 0 Å². The van der Waals surface area contributed by atoms with Gasteiger partial charge < -0.3 is 0 Å². The number of carbonyl (C=O) groups excluding carboxylic acids is 2. The molecule has 0 unspecified atom stereocenters. The molecule has 1 aliphatic carbocycles. The Morgan fingerprint density at radius 2 is 1.58 bits per heavy atom. The minimum atomic E-state index is -0.271. The van der Waals surface area contributed by atoms with Gasteiger partial charge in [-0.15, -0.1) is 0 Å². The van der Waals surface area contributed by atoms with Gasteiger partial charge in [-0.05, 0) is 25.0 Å². The van der Waals surface area contributed by atoms with Gasteiger partial charge in [0.05, 0.1) is 0 Å². The van der Waals surface area contributed by atoms with E-state index in [4.69, 9.17) is 0 Å². The molecule has 0 spiro atoms. The van der Waals surface area contributed by atoms with Crippen LogP contribution in [-0.2, 0) is 20.5 Å². The van der Waals surface area contributed by atoms with Crippen LogP contribution in [0.5, 0.6) is 0 Å². The predicted octanol–water partition coefficient (Wildman–Crippen LogP) is 0.475. The first-order valence-corrected chi connectivity index (χ1v) is 5.84. The summed E-state index contributed by atoms with van der Waals surface area (Å²) in [4.78, 5) is 22.5. The van der Waals surface area contributed by atoms with Gasteiger partial charge >= 0.3 is 0 Å². The zero-order valence-electron chi connectivity index (χ0n) is 6.79. The molecule has 0 radical (unpaired) electrons. The summed E-state index contributed by atoms with van der Waals surface area (Å²) in [5.74, 6) is 2.27. The quantitative estimate of drug-likeness (QED) is 0.437. The van der Waals surface area contributed by atoms with E-state index in [-0.39, 0.29) is 27.7 Å². The molecule has 1 fully saturated rings. The zero-order chi connectivity index (χ0) is 8.55. The minimum Gasteiger partial charge on any atom is -0.289 e. The van der Waals surface area contributed by atoms with E-state index in [1.807, 2.05) is 0 Å². The fraction of sp³-hybridized carbons (Fsp3) is 0.556. The van der Waals surface area contributed by atoms with Crippen LogP contribution in [0.4, 0.5) is 0 Å². The third-order valence-electron chi connectivity index (χ3n) is 2.33. The van der Waals surface area contributed by atoms with Gasteiger partial charge in [0.1, 0.15) is 11.5 Å². The Labute approximate surface area is 74.4 Å². The summed E-state index contributed by atoms with van der Waals surface area (Å²) in [5.41, 5.74) is 0. The number of rotatable bonds is 1. The number of ketones is 2. The first kappa shape index (κ1) is 8.05.